The minimum absolute atomic E-state index is 0.238. The highest BCUT2D eigenvalue weighted by molar-refractivity contribution is 4.92. The van der Waals surface area contributed by atoms with Crippen LogP contribution >= 0.6 is 0 Å². The smallest absolute Gasteiger partial charge is 0.118 e. The maximum atomic E-state index is 13.2. The zero-order chi connectivity index (χ0) is 7.61. The Morgan fingerprint density at radius 2 is 2.40 bits per heavy atom. The molecule has 2 atom stereocenters. The molecule has 1 heterocycles. The topological polar surface area (TPSA) is 12.0 Å². The minimum atomic E-state index is -0.647. The van der Waals surface area contributed by atoms with Crippen LogP contribution in [0.25, 0.3) is 0 Å². The number of nitrogens with one attached hydrogen (secondary N) is 1. The summed E-state index contributed by atoms with van der Waals surface area (Å²) in [5.74, 6) is 0. The number of halogens is 1. The predicted molar refractivity (Wildman–Crippen MR) is 40.8 cm³/mol. The molecule has 1 aliphatic heterocycles. The van der Waals surface area contributed by atoms with E-state index in [0.717, 1.165) is 25.8 Å². The summed E-state index contributed by atoms with van der Waals surface area (Å²) in [5, 5.41) is 3.22. The van der Waals surface area contributed by atoms with Gasteiger partial charge in [0.1, 0.15) is 6.17 Å². The van der Waals surface area contributed by atoms with Crippen molar-refractivity contribution < 1.29 is 4.39 Å². The summed E-state index contributed by atoms with van der Waals surface area (Å²) in [7, 11) is 0. The number of hydrogen-bond donors (Lipinski definition) is 1. The van der Waals surface area contributed by atoms with Gasteiger partial charge in [-0.25, -0.2) is 4.39 Å². The minimum Gasteiger partial charge on any atom is -0.309 e. The molecule has 60 valence electrons. The van der Waals surface area contributed by atoms with E-state index in [1.54, 1.807) is 0 Å². The molecule has 1 N–H and O–H groups in total. The lowest BCUT2D eigenvalue weighted by Gasteiger charge is -2.37. The van der Waals surface area contributed by atoms with Crippen molar-refractivity contribution in [3.8, 4) is 0 Å². The molecule has 0 aromatic rings. The van der Waals surface area contributed by atoms with E-state index in [2.05, 4.69) is 5.32 Å². The molecule has 1 fully saturated rings. The standard InChI is InChI=1S/C8H16FN/c1-3-8(2)7(9)5-4-6-10-8/h7,10H,3-6H2,1-2H3. The van der Waals surface area contributed by atoms with Gasteiger partial charge >= 0.3 is 0 Å². The highest BCUT2D eigenvalue weighted by atomic mass is 19.1. The van der Waals surface area contributed by atoms with Gasteiger partial charge in [0, 0.05) is 5.54 Å². The van der Waals surface area contributed by atoms with Gasteiger partial charge in [-0.1, -0.05) is 6.92 Å². The Kier molecular flexibility index (Phi) is 2.29. The van der Waals surface area contributed by atoms with Gasteiger partial charge in [0.05, 0.1) is 0 Å². The molecule has 1 nitrogen and oxygen atoms in total. The molecule has 1 saturated heterocycles. The zero-order valence-electron chi connectivity index (χ0n) is 6.78. The monoisotopic (exact) mass is 145 g/mol. The molecule has 2 unspecified atom stereocenters. The highest BCUT2D eigenvalue weighted by Gasteiger charge is 2.34. The molecule has 0 radical (unpaired) electrons. The molecule has 0 aliphatic carbocycles. The van der Waals surface area contributed by atoms with Crippen LogP contribution in [0.15, 0.2) is 0 Å². The summed E-state index contributed by atoms with van der Waals surface area (Å²) < 4.78 is 13.2. The van der Waals surface area contributed by atoms with Crippen LogP contribution < -0.4 is 5.32 Å². The normalized spacial score (nSPS) is 41.7. The lowest BCUT2D eigenvalue weighted by Crippen LogP contribution is -2.53. The lowest BCUT2D eigenvalue weighted by molar-refractivity contribution is 0.118. The van der Waals surface area contributed by atoms with Crippen LogP contribution in [0.4, 0.5) is 4.39 Å². The van der Waals surface area contributed by atoms with Gasteiger partial charge in [-0.15, -0.1) is 0 Å². The molecule has 1 aliphatic rings. The summed E-state index contributed by atoms with van der Waals surface area (Å²) in [6, 6.07) is 0. The molecule has 0 spiro atoms. The first-order valence-electron chi connectivity index (χ1n) is 4.08. The Bertz CT molecular complexity index is 116. The van der Waals surface area contributed by atoms with Gasteiger partial charge in [0.2, 0.25) is 0 Å². The van der Waals surface area contributed by atoms with Crippen molar-refractivity contribution in [2.24, 2.45) is 0 Å². The van der Waals surface area contributed by atoms with Gasteiger partial charge in [-0.3, -0.25) is 0 Å². The second-order valence-corrected chi connectivity index (χ2v) is 3.31. The maximum Gasteiger partial charge on any atom is 0.118 e. The average molecular weight is 145 g/mol. The molecule has 0 bridgehead atoms. The van der Waals surface area contributed by atoms with Crippen molar-refractivity contribution in [3.63, 3.8) is 0 Å². The fourth-order valence-corrected chi connectivity index (χ4v) is 1.43. The molecular formula is C8H16FN. The third-order valence-corrected chi connectivity index (χ3v) is 2.59. The molecule has 0 aromatic carbocycles. The highest BCUT2D eigenvalue weighted by Crippen LogP contribution is 2.25. The molecule has 10 heavy (non-hydrogen) atoms. The second kappa shape index (κ2) is 2.87. The van der Waals surface area contributed by atoms with Crippen LogP contribution in [0.2, 0.25) is 0 Å². The summed E-state index contributed by atoms with van der Waals surface area (Å²) in [5.41, 5.74) is -0.238. The van der Waals surface area contributed by atoms with E-state index in [0.29, 0.717) is 0 Å². The summed E-state index contributed by atoms with van der Waals surface area (Å²) in [4.78, 5) is 0. The Hall–Kier alpha value is -0.110. The number of hydrogen-bond acceptors (Lipinski definition) is 1. The van der Waals surface area contributed by atoms with E-state index in [4.69, 9.17) is 0 Å². The van der Waals surface area contributed by atoms with Crippen LogP contribution in [-0.4, -0.2) is 18.3 Å². The van der Waals surface area contributed by atoms with Crippen molar-refractivity contribution in [3.05, 3.63) is 0 Å². The third kappa shape index (κ3) is 1.31. The summed E-state index contributed by atoms with van der Waals surface area (Å²) >= 11 is 0. The van der Waals surface area contributed by atoms with Gasteiger partial charge in [-0.2, -0.15) is 0 Å². The Labute approximate surface area is 62.0 Å². The van der Waals surface area contributed by atoms with Crippen LogP contribution in [0.1, 0.15) is 33.1 Å². The Balaban J connectivity index is 2.54. The average Bonchev–Trinajstić information content (AvgIpc) is 1.96. The van der Waals surface area contributed by atoms with E-state index in [-0.39, 0.29) is 5.54 Å². The zero-order valence-corrected chi connectivity index (χ0v) is 6.78. The first-order chi connectivity index (χ1) is 4.69. The first kappa shape index (κ1) is 7.99. The van der Waals surface area contributed by atoms with Crippen molar-refractivity contribution in [1.82, 2.24) is 5.32 Å². The van der Waals surface area contributed by atoms with E-state index >= 15 is 0 Å². The fourth-order valence-electron chi connectivity index (χ4n) is 1.43. The second-order valence-electron chi connectivity index (χ2n) is 3.31. The van der Waals surface area contributed by atoms with Gasteiger partial charge < -0.3 is 5.32 Å². The maximum absolute atomic E-state index is 13.2. The third-order valence-electron chi connectivity index (χ3n) is 2.59. The van der Waals surface area contributed by atoms with Crippen molar-refractivity contribution in [1.29, 1.82) is 0 Å². The molecule has 0 amide bonds. The molecule has 0 aromatic heterocycles. The van der Waals surface area contributed by atoms with E-state index in [1.807, 2.05) is 13.8 Å². The quantitative estimate of drug-likeness (QED) is 0.594. The number of alkyl halides is 1. The largest absolute Gasteiger partial charge is 0.309 e. The number of rotatable bonds is 1. The van der Waals surface area contributed by atoms with Crippen LogP contribution in [0, 0.1) is 0 Å². The molecule has 0 saturated carbocycles. The van der Waals surface area contributed by atoms with Crippen LogP contribution in [0.3, 0.4) is 0 Å². The molecule has 2 heteroatoms. The van der Waals surface area contributed by atoms with E-state index in [1.165, 1.54) is 0 Å². The summed E-state index contributed by atoms with van der Waals surface area (Å²) in [6.07, 6.45) is 1.95. The van der Waals surface area contributed by atoms with Gasteiger partial charge in [0.15, 0.2) is 0 Å². The van der Waals surface area contributed by atoms with Gasteiger partial charge in [-0.05, 0) is 32.7 Å². The van der Waals surface area contributed by atoms with E-state index < -0.39 is 6.17 Å². The molecule has 1 rings (SSSR count). The van der Waals surface area contributed by atoms with Crippen molar-refractivity contribution in [2.45, 2.75) is 44.8 Å². The van der Waals surface area contributed by atoms with Crippen molar-refractivity contribution >= 4 is 0 Å². The Morgan fingerprint density at radius 1 is 1.70 bits per heavy atom. The fraction of sp³-hybridized carbons (Fsp3) is 1.00. The first-order valence-corrected chi connectivity index (χ1v) is 4.08. The van der Waals surface area contributed by atoms with E-state index in [9.17, 15) is 4.39 Å². The van der Waals surface area contributed by atoms with Gasteiger partial charge in [0.25, 0.3) is 0 Å². The predicted octanol–water partition coefficient (Wildman–Crippen LogP) is 1.88. The van der Waals surface area contributed by atoms with Crippen LogP contribution in [-0.2, 0) is 0 Å². The SMILES string of the molecule is CCC1(C)NCCCC1F. The number of piperidine rings is 1. The van der Waals surface area contributed by atoms with Crippen molar-refractivity contribution in [2.75, 3.05) is 6.54 Å². The van der Waals surface area contributed by atoms with Crippen LogP contribution in [0.5, 0.6) is 0 Å². The lowest BCUT2D eigenvalue weighted by atomic mass is 9.87. The summed E-state index contributed by atoms with van der Waals surface area (Å²) in [6.45, 7) is 4.98. The molecular weight excluding hydrogens is 129 g/mol. The Morgan fingerprint density at radius 3 is 2.80 bits per heavy atom.